The third kappa shape index (κ3) is 4.32. The van der Waals surface area contributed by atoms with Crippen LogP contribution in [0.15, 0.2) is 42.5 Å². The van der Waals surface area contributed by atoms with Crippen LogP contribution in [0.25, 0.3) is 0 Å². The van der Waals surface area contributed by atoms with Crippen molar-refractivity contribution in [2.75, 3.05) is 0 Å². The fourth-order valence-corrected chi connectivity index (χ4v) is 2.45. The van der Waals surface area contributed by atoms with Crippen molar-refractivity contribution in [3.05, 3.63) is 70.0 Å². The Balaban J connectivity index is 1.92. The number of hydrogen-bond donors (Lipinski definition) is 1. The molecular formula is C17H18ClFO. The average molecular weight is 293 g/mol. The van der Waals surface area contributed by atoms with Crippen molar-refractivity contribution in [2.45, 2.75) is 32.3 Å². The third-order valence-electron chi connectivity index (χ3n) is 3.31. The molecule has 2 aromatic carbocycles. The van der Waals surface area contributed by atoms with Crippen LogP contribution in [0.1, 0.15) is 23.1 Å². The van der Waals surface area contributed by atoms with E-state index in [9.17, 15) is 9.50 Å². The molecule has 106 valence electrons. The van der Waals surface area contributed by atoms with Crippen LogP contribution in [0.4, 0.5) is 4.39 Å². The second-order valence-corrected chi connectivity index (χ2v) is 5.56. The Bertz CT molecular complexity index is 583. The lowest BCUT2D eigenvalue weighted by Crippen LogP contribution is -2.12. The Hall–Kier alpha value is -1.38. The van der Waals surface area contributed by atoms with Gasteiger partial charge in [-0.2, -0.15) is 0 Å². The van der Waals surface area contributed by atoms with Crippen LogP contribution in [-0.2, 0) is 12.8 Å². The molecule has 1 atom stereocenters. The minimum atomic E-state index is -0.566. The quantitative estimate of drug-likeness (QED) is 0.870. The number of aliphatic hydroxyl groups excluding tert-OH is 1. The van der Waals surface area contributed by atoms with Gasteiger partial charge in [-0.1, -0.05) is 41.4 Å². The summed E-state index contributed by atoms with van der Waals surface area (Å²) in [6.45, 7) is 2.04. The first-order valence-electron chi connectivity index (χ1n) is 6.72. The zero-order chi connectivity index (χ0) is 14.5. The second-order valence-electron chi connectivity index (χ2n) is 5.12. The van der Waals surface area contributed by atoms with E-state index in [0.29, 0.717) is 17.0 Å². The van der Waals surface area contributed by atoms with Gasteiger partial charge in [-0.3, -0.25) is 0 Å². The lowest BCUT2D eigenvalue weighted by molar-refractivity contribution is 0.164. The molecular weight excluding hydrogens is 275 g/mol. The highest BCUT2D eigenvalue weighted by atomic mass is 35.5. The summed E-state index contributed by atoms with van der Waals surface area (Å²) in [6.07, 6.45) is 1.11. The average Bonchev–Trinajstić information content (AvgIpc) is 2.41. The van der Waals surface area contributed by atoms with Crippen LogP contribution < -0.4 is 0 Å². The fourth-order valence-electron chi connectivity index (χ4n) is 2.26. The molecule has 20 heavy (non-hydrogen) atoms. The Morgan fingerprint density at radius 1 is 1.20 bits per heavy atom. The molecule has 1 nitrogen and oxygen atoms in total. The molecule has 0 spiro atoms. The van der Waals surface area contributed by atoms with Crippen molar-refractivity contribution in [3.63, 3.8) is 0 Å². The Morgan fingerprint density at radius 3 is 2.75 bits per heavy atom. The highest BCUT2D eigenvalue weighted by molar-refractivity contribution is 6.30. The molecule has 0 amide bonds. The summed E-state index contributed by atoms with van der Waals surface area (Å²) in [5.41, 5.74) is 2.86. The van der Waals surface area contributed by atoms with Gasteiger partial charge in [0.1, 0.15) is 5.82 Å². The third-order valence-corrected chi connectivity index (χ3v) is 3.55. The van der Waals surface area contributed by atoms with Crippen LogP contribution in [0, 0.1) is 12.7 Å². The summed E-state index contributed by atoms with van der Waals surface area (Å²) in [7, 11) is 0. The highest BCUT2D eigenvalue weighted by Gasteiger charge is 2.10. The molecule has 1 unspecified atom stereocenters. The monoisotopic (exact) mass is 292 g/mol. The first kappa shape index (κ1) is 15.0. The maximum Gasteiger partial charge on any atom is 0.126 e. The van der Waals surface area contributed by atoms with Gasteiger partial charge in [-0.15, -0.1) is 0 Å². The van der Waals surface area contributed by atoms with Crippen molar-refractivity contribution in [3.8, 4) is 0 Å². The Kier molecular flexibility index (Phi) is 5.16. The van der Waals surface area contributed by atoms with E-state index in [1.54, 1.807) is 6.07 Å². The first-order chi connectivity index (χ1) is 9.54. The summed E-state index contributed by atoms with van der Waals surface area (Å²) in [6, 6.07) is 12.6. The van der Waals surface area contributed by atoms with E-state index in [1.807, 2.05) is 25.1 Å². The highest BCUT2D eigenvalue weighted by Crippen LogP contribution is 2.18. The van der Waals surface area contributed by atoms with Gasteiger partial charge < -0.3 is 5.11 Å². The SMILES string of the molecule is Cc1cccc(CCC(O)Cc2cc(Cl)ccc2F)c1. The van der Waals surface area contributed by atoms with Crippen LogP contribution in [0.3, 0.4) is 0 Å². The van der Waals surface area contributed by atoms with Gasteiger partial charge in [0.15, 0.2) is 0 Å². The molecule has 0 fully saturated rings. The summed E-state index contributed by atoms with van der Waals surface area (Å²) in [5, 5.41) is 10.5. The van der Waals surface area contributed by atoms with Crippen LogP contribution in [-0.4, -0.2) is 11.2 Å². The van der Waals surface area contributed by atoms with Gasteiger partial charge in [0, 0.05) is 11.4 Å². The molecule has 0 aliphatic heterocycles. The van der Waals surface area contributed by atoms with Crippen molar-refractivity contribution in [2.24, 2.45) is 0 Å². The molecule has 0 heterocycles. The number of halogens is 2. The predicted octanol–water partition coefficient (Wildman–Crippen LogP) is 4.32. The van der Waals surface area contributed by atoms with E-state index < -0.39 is 6.10 Å². The minimum absolute atomic E-state index is 0.290. The molecule has 0 aliphatic carbocycles. The van der Waals surface area contributed by atoms with E-state index in [-0.39, 0.29) is 12.2 Å². The Morgan fingerprint density at radius 2 is 2.00 bits per heavy atom. The van der Waals surface area contributed by atoms with Crippen LogP contribution in [0.5, 0.6) is 0 Å². The number of aryl methyl sites for hydroxylation is 2. The molecule has 0 saturated carbocycles. The van der Waals surface area contributed by atoms with Gasteiger partial charge in [0.2, 0.25) is 0 Å². The van der Waals surface area contributed by atoms with Gasteiger partial charge in [0.05, 0.1) is 6.10 Å². The molecule has 3 heteroatoms. The standard InChI is InChI=1S/C17H18ClFO/c1-12-3-2-4-13(9-12)5-7-16(20)11-14-10-15(18)6-8-17(14)19/h2-4,6,8-10,16,20H,5,7,11H2,1H3. The lowest BCUT2D eigenvalue weighted by atomic mass is 10.00. The molecule has 0 bridgehead atoms. The van der Waals surface area contributed by atoms with Crippen molar-refractivity contribution < 1.29 is 9.50 Å². The zero-order valence-corrected chi connectivity index (χ0v) is 12.2. The van der Waals surface area contributed by atoms with Crippen molar-refractivity contribution in [1.82, 2.24) is 0 Å². The molecule has 2 aromatic rings. The van der Waals surface area contributed by atoms with Gasteiger partial charge in [-0.25, -0.2) is 4.39 Å². The summed E-state index contributed by atoms with van der Waals surface area (Å²) < 4.78 is 13.6. The number of aliphatic hydroxyl groups is 1. The van der Waals surface area contributed by atoms with Crippen LogP contribution in [0.2, 0.25) is 5.02 Å². The molecule has 1 N–H and O–H groups in total. The summed E-state index contributed by atoms with van der Waals surface area (Å²) >= 11 is 5.84. The van der Waals surface area contributed by atoms with E-state index >= 15 is 0 Å². The van der Waals surface area contributed by atoms with Crippen molar-refractivity contribution >= 4 is 11.6 Å². The first-order valence-corrected chi connectivity index (χ1v) is 7.10. The number of hydrogen-bond acceptors (Lipinski definition) is 1. The summed E-state index contributed by atoms with van der Waals surface area (Å²) in [4.78, 5) is 0. The smallest absolute Gasteiger partial charge is 0.126 e. The topological polar surface area (TPSA) is 20.2 Å². The fraction of sp³-hybridized carbons (Fsp3) is 0.294. The van der Waals surface area contributed by atoms with Crippen LogP contribution >= 0.6 is 11.6 Å². The molecule has 2 rings (SSSR count). The summed E-state index contributed by atoms with van der Waals surface area (Å²) in [5.74, 6) is -0.316. The largest absolute Gasteiger partial charge is 0.393 e. The lowest BCUT2D eigenvalue weighted by Gasteiger charge is -2.12. The Labute approximate surface area is 124 Å². The van der Waals surface area contributed by atoms with E-state index in [0.717, 1.165) is 6.42 Å². The predicted molar refractivity (Wildman–Crippen MR) is 80.6 cm³/mol. The maximum atomic E-state index is 13.6. The maximum absolute atomic E-state index is 13.6. The second kappa shape index (κ2) is 6.87. The van der Waals surface area contributed by atoms with E-state index in [2.05, 4.69) is 6.07 Å². The minimum Gasteiger partial charge on any atom is -0.393 e. The number of benzene rings is 2. The molecule has 0 aliphatic rings. The molecule has 0 aromatic heterocycles. The molecule has 0 radical (unpaired) electrons. The van der Waals surface area contributed by atoms with Gasteiger partial charge >= 0.3 is 0 Å². The van der Waals surface area contributed by atoms with E-state index in [4.69, 9.17) is 11.6 Å². The number of rotatable bonds is 5. The van der Waals surface area contributed by atoms with Gasteiger partial charge in [0.25, 0.3) is 0 Å². The normalized spacial score (nSPS) is 12.4. The van der Waals surface area contributed by atoms with Crippen molar-refractivity contribution in [1.29, 1.82) is 0 Å². The zero-order valence-electron chi connectivity index (χ0n) is 11.4. The molecule has 0 saturated heterocycles. The van der Waals surface area contributed by atoms with E-state index in [1.165, 1.54) is 23.3 Å². The van der Waals surface area contributed by atoms with Gasteiger partial charge in [-0.05, 0) is 49.1 Å².